The number of nitrogens with zero attached hydrogens (tertiary/aromatic N) is 2. The van der Waals surface area contributed by atoms with Gasteiger partial charge < -0.3 is 10.1 Å². The largest absolute Gasteiger partial charge is 0.468 e. The van der Waals surface area contributed by atoms with E-state index in [2.05, 4.69) is 26.2 Å². The van der Waals surface area contributed by atoms with Crippen molar-refractivity contribution in [3.05, 3.63) is 62.9 Å². The molecule has 1 unspecified atom stereocenters. The van der Waals surface area contributed by atoms with E-state index < -0.39 is 11.2 Å². The molecule has 0 aliphatic heterocycles. The van der Waals surface area contributed by atoms with E-state index in [1.54, 1.807) is 31.2 Å². The quantitative estimate of drug-likeness (QED) is 0.322. The molecule has 1 heterocycles. The number of ether oxygens (including phenoxy) is 1. The van der Waals surface area contributed by atoms with Gasteiger partial charge in [0.15, 0.2) is 5.16 Å². The topological polar surface area (TPSA) is 90.3 Å². The van der Waals surface area contributed by atoms with Crippen molar-refractivity contribution < 1.29 is 14.3 Å². The van der Waals surface area contributed by atoms with Crippen LogP contribution >= 0.6 is 27.7 Å². The molecule has 0 aliphatic rings. The number of methoxy groups -OCH3 is 1. The standard InChI is InChI=1S/C21H20BrN3O4S/c1-12-8-9-17(15(22)10-12)23-19(27)13(2)30-21-24-16-7-5-4-6-14(16)20(28)25(21)11-18(26)29-3/h4-10,13H,11H2,1-3H3,(H,23,27). The van der Waals surface area contributed by atoms with Crippen molar-refractivity contribution in [1.29, 1.82) is 0 Å². The molecule has 0 fully saturated rings. The van der Waals surface area contributed by atoms with Gasteiger partial charge in [-0.15, -0.1) is 0 Å². The summed E-state index contributed by atoms with van der Waals surface area (Å²) < 4.78 is 6.73. The van der Waals surface area contributed by atoms with E-state index >= 15 is 0 Å². The Labute approximate surface area is 186 Å². The van der Waals surface area contributed by atoms with Crippen LogP contribution in [0.4, 0.5) is 5.69 Å². The number of esters is 1. The molecule has 2 aromatic carbocycles. The Morgan fingerprint density at radius 1 is 1.27 bits per heavy atom. The Kier molecular flexibility index (Phi) is 6.94. The molecule has 1 N–H and O–H groups in total. The number of aryl methyl sites for hydroxylation is 1. The van der Waals surface area contributed by atoms with Crippen molar-refractivity contribution in [1.82, 2.24) is 9.55 Å². The third-order valence-electron chi connectivity index (χ3n) is 4.38. The van der Waals surface area contributed by atoms with Crippen LogP contribution in [0.2, 0.25) is 0 Å². The molecule has 7 nitrogen and oxygen atoms in total. The molecule has 1 aromatic heterocycles. The molecular weight excluding hydrogens is 470 g/mol. The fourth-order valence-electron chi connectivity index (χ4n) is 2.74. The van der Waals surface area contributed by atoms with E-state index in [0.717, 1.165) is 21.8 Å². The Morgan fingerprint density at radius 3 is 2.70 bits per heavy atom. The number of benzene rings is 2. The summed E-state index contributed by atoms with van der Waals surface area (Å²) in [6, 6.07) is 12.5. The average Bonchev–Trinajstić information content (AvgIpc) is 2.72. The number of amides is 1. The van der Waals surface area contributed by atoms with Crippen LogP contribution in [0.1, 0.15) is 12.5 Å². The van der Waals surface area contributed by atoms with Crippen molar-refractivity contribution in [3.63, 3.8) is 0 Å². The molecule has 0 spiro atoms. The lowest BCUT2D eigenvalue weighted by atomic mass is 10.2. The number of aromatic nitrogens is 2. The van der Waals surface area contributed by atoms with Gasteiger partial charge in [-0.3, -0.25) is 19.0 Å². The van der Waals surface area contributed by atoms with Crippen molar-refractivity contribution >= 4 is 56.2 Å². The highest BCUT2D eigenvalue weighted by Gasteiger charge is 2.21. The maximum atomic E-state index is 12.9. The normalized spacial score (nSPS) is 11.9. The third-order valence-corrected chi connectivity index (χ3v) is 6.12. The molecule has 9 heteroatoms. The van der Waals surface area contributed by atoms with Crippen LogP contribution in [-0.2, 0) is 20.9 Å². The second-order valence-corrected chi connectivity index (χ2v) is 8.77. The van der Waals surface area contributed by atoms with Crippen molar-refractivity contribution in [2.45, 2.75) is 30.8 Å². The van der Waals surface area contributed by atoms with Crippen molar-refractivity contribution in [2.75, 3.05) is 12.4 Å². The summed E-state index contributed by atoms with van der Waals surface area (Å²) in [4.78, 5) is 42.0. The summed E-state index contributed by atoms with van der Waals surface area (Å²) >= 11 is 4.55. The number of halogens is 1. The Hall–Kier alpha value is -2.65. The second-order valence-electron chi connectivity index (χ2n) is 6.61. The monoisotopic (exact) mass is 489 g/mol. The van der Waals surface area contributed by atoms with Crippen LogP contribution in [0.3, 0.4) is 0 Å². The first-order valence-electron chi connectivity index (χ1n) is 9.10. The highest BCUT2D eigenvalue weighted by atomic mass is 79.9. The number of carbonyl (C=O) groups is 2. The summed E-state index contributed by atoms with van der Waals surface area (Å²) in [5.41, 5.74) is 1.85. The Morgan fingerprint density at radius 2 is 2.00 bits per heavy atom. The van der Waals surface area contributed by atoms with Gasteiger partial charge in [0.1, 0.15) is 6.54 Å². The van der Waals surface area contributed by atoms with Crippen molar-refractivity contribution in [2.24, 2.45) is 0 Å². The molecule has 156 valence electrons. The van der Waals surface area contributed by atoms with Crippen LogP contribution in [0, 0.1) is 6.92 Å². The third kappa shape index (κ3) is 4.91. The first-order chi connectivity index (χ1) is 14.3. The number of fused-ring (bicyclic) bond motifs is 1. The predicted octanol–water partition coefficient (Wildman–Crippen LogP) is 3.76. The Bertz CT molecular complexity index is 1180. The maximum absolute atomic E-state index is 12.9. The van der Waals surface area contributed by atoms with E-state index in [0.29, 0.717) is 16.6 Å². The summed E-state index contributed by atoms with van der Waals surface area (Å²) in [6.07, 6.45) is 0. The maximum Gasteiger partial charge on any atom is 0.325 e. The lowest BCUT2D eigenvalue weighted by Crippen LogP contribution is -2.29. The molecule has 0 radical (unpaired) electrons. The van der Waals surface area contributed by atoms with Gasteiger partial charge in [-0.05, 0) is 59.6 Å². The number of rotatable bonds is 6. The number of carbonyl (C=O) groups excluding carboxylic acids is 2. The minimum Gasteiger partial charge on any atom is -0.468 e. The van der Waals surface area contributed by atoms with Crippen LogP contribution in [-0.4, -0.2) is 33.8 Å². The van der Waals surface area contributed by atoms with Crippen LogP contribution < -0.4 is 10.9 Å². The number of thioether (sulfide) groups is 1. The zero-order valence-electron chi connectivity index (χ0n) is 16.6. The van der Waals surface area contributed by atoms with E-state index in [4.69, 9.17) is 4.74 Å². The molecule has 0 saturated heterocycles. The van der Waals surface area contributed by atoms with Gasteiger partial charge in [-0.25, -0.2) is 4.98 Å². The van der Waals surface area contributed by atoms with Crippen LogP contribution in [0.25, 0.3) is 10.9 Å². The van der Waals surface area contributed by atoms with E-state index in [9.17, 15) is 14.4 Å². The van der Waals surface area contributed by atoms with Gasteiger partial charge in [0.25, 0.3) is 5.56 Å². The zero-order valence-corrected chi connectivity index (χ0v) is 19.0. The number of nitrogens with one attached hydrogen (secondary N) is 1. The second kappa shape index (κ2) is 9.44. The van der Waals surface area contributed by atoms with Gasteiger partial charge >= 0.3 is 5.97 Å². The minimum absolute atomic E-state index is 0.253. The first-order valence-corrected chi connectivity index (χ1v) is 10.8. The highest BCUT2D eigenvalue weighted by Crippen LogP contribution is 2.27. The molecule has 0 bridgehead atoms. The van der Waals surface area contributed by atoms with E-state index in [1.165, 1.54) is 11.7 Å². The SMILES string of the molecule is COC(=O)Cn1c(SC(C)C(=O)Nc2ccc(C)cc2Br)nc2ccccc2c1=O. The first kappa shape index (κ1) is 22.0. The summed E-state index contributed by atoms with van der Waals surface area (Å²) in [7, 11) is 1.25. The number of hydrogen-bond acceptors (Lipinski definition) is 6. The van der Waals surface area contributed by atoms with Gasteiger partial charge in [0.2, 0.25) is 5.91 Å². The minimum atomic E-state index is -0.574. The molecule has 30 heavy (non-hydrogen) atoms. The zero-order chi connectivity index (χ0) is 21.8. The number of para-hydroxylation sites is 1. The van der Waals surface area contributed by atoms with Crippen LogP contribution in [0.15, 0.2) is 56.9 Å². The lowest BCUT2D eigenvalue weighted by Gasteiger charge is -2.16. The smallest absolute Gasteiger partial charge is 0.325 e. The summed E-state index contributed by atoms with van der Waals surface area (Å²) in [5, 5.41) is 2.96. The highest BCUT2D eigenvalue weighted by molar-refractivity contribution is 9.10. The fraction of sp³-hybridized carbons (Fsp3) is 0.238. The molecule has 3 rings (SSSR count). The fourth-order valence-corrected chi connectivity index (χ4v) is 4.24. The molecule has 3 aromatic rings. The average molecular weight is 490 g/mol. The number of anilines is 1. The summed E-state index contributed by atoms with van der Waals surface area (Å²) in [5.74, 6) is -0.826. The number of hydrogen-bond donors (Lipinski definition) is 1. The molecular formula is C21H20BrN3O4S. The molecule has 0 aliphatic carbocycles. The Balaban J connectivity index is 1.91. The molecule has 1 amide bonds. The summed E-state index contributed by atoms with van der Waals surface area (Å²) in [6.45, 7) is 3.39. The van der Waals surface area contributed by atoms with Crippen molar-refractivity contribution in [3.8, 4) is 0 Å². The predicted molar refractivity (Wildman–Crippen MR) is 121 cm³/mol. The van der Waals surface area contributed by atoms with E-state index in [1.807, 2.05) is 25.1 Å². The molecule has 0 saturated carbocycles. The van der Waals surface area contributed by atoms with Gasteiger partial charge in [0.05, 0.1) is 29.0 Å². The van der Waals surface area contributed by atoms with Gasteiger partial charge in [-0.2, -0.15) is 0 Å². The van der Waals surface area contributed by atoms with Gasteiger partial charge in [-0.1, -0.05) is 30.0 Å². The van der Waals surface area contributed by atoms with E-state index in [-0.39, 0.29) is 23.2 Å². The van der Waals surface area contributed by atoms with Gasteiger partial charge in [0, 0.05) is 4.47 Å². The molecule has 1 atom stereocenters. The van der Waals surface area contributed by atoms with Crippen LogP contribution in [0.5, 0.6) is 0 Å². The lowest BCUT2D eigenvalue weighted by molar-refractivity contribution is -0.141.